The van der Waals surface area contributed by atoms with E-state index >= 15 is 0 Å². The minimum Gasteiger partial charge on any atom is -0.367 e. The molecule has 0 aromatic carbocycles. The van der Waals surface area contributed by atoms with Crippen molar-refractivity contribution in [3.05, 3.63) is 42.9 Å². The molecule has 3 rings (SSSR count). The maximum atomic E-state index is 5.91. The summed E-state index contributed by atoms with van der Waals surface area (Å²) in [5.74, 6) is 0.916. The van der Waals surface area contributed by atoms with Gasteiger partial charge in [0.15, 0.2) is 0 Å². The van der Waals surface area contributed by atoms with E-state index in [1.807, 2.05) is 47.9 Å². The Bertz CT molecular complexity index is 479. The first-order valence-corrected chi connectivity index (χ1v) is 6.68. The normalized spacial score (nSPS) is 25.4. The van der Waals surface area contributed by atoms with Gasteiger partial charge in [0.25, 0.3) is 0 Å². The van der Waals surface area contributed by atoms with E-state index in [2.05, 4.69) is 15.7 Å². The van der Waals surface area contributed by atoms with Gasteiger partial charge < -0.3 is 16.5 Å². The standard InChI is InChI=1S/C14H19N5/c15-11-3-4-12(9-11)18-14-6-5-13(10-16-14)19-8-2-1-7-17-19/h1-2,5-8,10-12,17H,3-4,9,15H2,(H,16,18)/t11-,12-/m0/s1. The van der Waals surface area contributed by atoms with Crippen LogP contribution in [-0.4, -0.2) is 17.1 Å². The zero-order valence-corrected chi connectivity index (χ0v) is 10.8. The van der Waals surface area contributed by atoms with Crippen molar-refractivity contribution in [2.24, 2.45) is 5.73 Å². The monoisotopic (exact) mass is 257 g/mol. The molecule has 0 bridgehead atoms. The van der Waals surface area contributed by atoms with Gasteiger partial charge in [-0.25, -0.2) is 4.98 Å². The van der Waals surface area contributed by atoms with Crippen LogP contribution in [0.2, 0.25) is 0 Å². The molecule has 0 saturated heterocycles. The van der Waals surface area contributed by atoms with Crippen molar-refractivity contribution >= 4 is 11.5 Å². The summed E-state index contributed by atoms with van der Waals surface area (Å²) in [7, 11) is 0. The highest BCUT2D eigenvalue weighted by atomic mass is 15.5. The van der Waals surface area contributed by atoms with Crippen LogP contribution >= 0.6 is 0 Å². The molecule has 5 nitrogen and oxygen atoms in total. The van der Waals surface area contributed by atoms with Crippen LogP contribution in [0.4, 0.5) is 11.5 Å². The Hall–Kier alpha value is -2.01. The van der Waals surface area contributed by atoms with Gasteiger partial charge in [0, 0.05) is 24.5 Å². The summed E-state index contributed by atoms with van der Waals surface area (Å²) in [6, 6.07) is 4.85. The predicted molar refractivity (Wildman–Crippen MR) is 77.4 cm³/mol. The first-order chi connectivity index (χ1) is 9.31. The van der Waals surface area contributed by atoms with Crippen molar-refractivity contribution in [1.82, 2.24) is 10.4 Å². The van der Waals surface area contributed by atoms with Crippen molar-refractivity contribution < 1.29 is 0 Å². The van der Waals surface area contributed by atoms with E-state index in [9.17, 15) is 0 Å². The lowest BCUT2D eigenvalue weighted by atomic mass is 10.2. The molecule has 1 fully saturated rings. The fraction of sp³-hybridized carbons (Fsp3) is 0.357. The Morgan fingerprint density at radius 3 is 2.89 bits per heavy atom. The minimum absolute atomic E-state index is 0.339. The van der Waals surface area contributed by atoms with Crippen molar-refractivity contribution in [2.75, 3.05) is 10.3 Å². The number of hydrogen-bond acceptors (Lipinski definition) is 5. The third-order valence-electron chi connectivity index (χ3n) is 3.51. The van der Waals surface area contributed by atoms with Crippen LogP contribution in [0.3, 0.4) is 0 Å². The average Bonchev–Trinajstić information content (AvgIpc) is 2.86. The fourth-order valence-electron chi connectivity index (χ4n) is 2.49. The number of pyridine rings is 1. The lowest BCUT2D eigenvalue weighted by Crippen LogP contribution is -2.30. The van der Waals surface area contributed by atoms with E-state index in [0.29, 0.717) is 12.1 Å². The summed E-state index contributed by atoms with van der Waals surface area (Å²) >= 11 is 0. The first-order valence-electron chi connectivity index (χ1n) is 6.68. The van der Waals surface area contributed by atoms with Crippen LogP contribution < -0.4 is 21.5 Å². The molecule has 2 heterocycles. The Labute approximate surface area is 113 Å². The molecule has 2 aliphatic rings. The number of anilines is 2. The minimum atomic E-state index is 0.339. The number of allylic oxidation sites excluding steroid dienone is 2. The highest BCUT2D eigenvalue weighted by molar-refractivity contribution is 5.52. The van der Waals surface area contributed by atoms with Crippen molar-refractivity contribution in [2.45, 2.75) is 31.3 Å². The summed E-state index contributed by atoms with van der Waals surface area (Å²) in [5.41, 5.74) is 10.0. The van der Waals surface area contributed by atoms with Gasteiger partial charge in [-0.1, -0.05) is 0 Å². The van der Waals surface area contributed by atoms with Crippen LogP contribution in [-0.2, 0) is 0 Å². The molecule has 2 atom stereocenters. The summed E-state index contributed by atoms with van der Waals surface area (Å²) < 4.78 is 0. The lowest BCUT2D eigenvalue weighted by molar-refractivity contribution is 0.686. The molecule has 100 valence electrons. The molecule has 0 unspecified atom stereocenters. The highest BCUT2D eigenvalue weighted by Crippen LogP contribution is 2.22. The molecule has 5 heteroatoms. The second-order valence-electron chi connectivity index (χ2n) is 5.02. The van der Waals surface area contributed by atoms with Gasteiger partial charge in [-0.3, -0.25) is 5.01 Å². The highest BCUT2D eigenvalue weighted by Gasteiger charge is 2.21. The van der Waals surface area contributed by atoms with Gasteiger partial charge in [0.2, 0.25) is 0 Å². The molecular formula is C14H19N5. The third kappa shape index (κ3) is 2.88. The zero-order chi connectivity index (χ0) is 13.1. The molecule has 1 aromatic rings. The van der Waals surface area contributed by atoms with Crippen LogP contribution in [0.1, 0.15) is 19.3 Å². The smallest absolute Gasteiger partial charge is 0.126 e. The fourth-order valence-corrected chi connectivity index (χ4v) is 2.49. The quantitative estimate of drug-likeness (QED) is 0.769. The molecule has 1 aliphatic carbocycles. The summed E-state index contributed by atoms with van der Waals surface area (Å²) in [6.45, 7) is 0. The second kappa shape index (κ2) is 5.32. The third-order valence-corrected chi connectivity index (χ3v) is 3.51. The van der Waals surface area contributed by atoms with E-state index < -0.39 is 0 Å². The maximum absolute atomic E-state index is 5.91. The van der Waals surface area contributed by atoms with E-state index in [1.165, 1.54) is 0 Å². The number of nitrogens with one attached hydrogen (secondary N) is 2. The van der Waals surface area contributed by atoms with Gasteiger partial charge in [0.05, 0.1) is 11.9 Å². The molecule has 4 N–H and O–H groups in total. The molecule has 1 aromatic heterocycles. The molecular weight excluding hydrogens is 238 g/mol. The lowest BCUT2D eigenvalue weighted by Gasteiger charge is -2.22. The van der Waals surface area contributed by atoms with Crippen LogP contribution in [0.5, 0.6) is 0 Å². The van der Waals surface area contributed by atoms with Crippen molar-refractivity contribution in [1.29, 1.82) is 0 Å². The van der Waals surface area contributed by atoms with Crippen molar-refractivity contribution in [3.63, 3.8) is 0 Å². The van der Waals surface area contributed by atoms with E-state index in [4.69, 9.17) is 5.73 Å². The molecule has 0 amide bonds. The summed E-state index contributed by atoms with van der Waals surface area (Å²) in [5, 5.41) is 5.36. The van der Waals surface area contributed by atoms with Gasteiger partial charge in [-0.05, 0) is 43.5 Å². The molecule has 0 radical (unpaired) electrons. The molecule has 19 heavy (non-hydrogen) atoms. The van der Waals surface area contributed by atoms with Crippen LogP contribution in [0, 0.1) is 0 Å². The maximum Gasteiger partial charge on any atom is 0.126 e. The van der Waals surface area contributed by atoms with E-state index in [0.717, 1.165) is 30.8 Å². The Balaban J connectivity index is 1.62. The molecule has 0 spiro atoms. The summed E-state index contributed by atoms with van der Waals surface area (Å²) in [6.07, 6.45) is 12.9. The topological polar surface area (TPSA) is 66.2 Å². The number of hydrogen-bond donors (Lipinski definition) is 3. The summed E-state index contributed by atoms with van der Waals surface area (Å²) in [4.78, 5) is 4.45. The average molecular weight is 257 g/mol. The van der Waals surface area contributed by atoms with Gasteiger partial charge in [-0.2, -0.15) is 0 Å². The number of nitrogens with zero attached hydrogens (tertiary/aromatic N) is 2. The van der Waals surface area contributed by atoms with Gasteiger partial charge in [-0.15, -0.1) is 0 Å². The van der Waals surface area contributed by atoms with Crippen LogP contribution in [0.15, 0.2) is 42.9 Å². The van der Waals surface area contributed by atoms with Gasteiger partial charge >= 0.3 is 0 Å². The van der Waals surface area contributed by atoms with Crippen molar-refractivity contribution in [3.8, 4) is 0 Å². The first kappa shape index (κ1) is 12.0. The van der Waals surface area contributed by atoms with Crippen LogP contribution in [0.25, 0.3) is 0 Å². The van der Waals surface area contributed by atoms with E-state index in [1.54, 1.807) is 0 Å². The van der Waals surface area contributed by atoms with Gasteiger partial charge in [0.1, 0.15) is 5.82 Å². The zero-order valence-electron chi connectivity index (χ0n) is 10.8. The molecule has 1 aliphatic heterocycles. The SMILES string of the molecule is N[C@H]1CC[C@H](Nc2ccc(N3C=CC=CN3)cn2)C1. The number of hydrazine groups is 1. The second-order valence-corrected chi connectivity index (χ2v) is 5.02. The predicted octanol–water partition coefficient (Wildman–Crippen LogP) is 1.73. The Kier molecular flexibility index (Phi) is 3.37. The number of rotatable bonds is 3. The number of nitrogens with two attached hydrogens (primary N) is 1. The Morgan fingerprint density at radius 1 is 1.32 bits per heavy atom. The number of aromatic nitrogens is 1. The van der Waals surface area contributed by atoms with E-state index in [-0.39, 0.29) is 0 Å². The largest absolute Gasteiger partial charge is 0.367 e. The Morgan fingerprint density at radius 2 is 2.26 bits per heavy atom. The molecule has 1 saturated carbocycles.